The van der Waals surface area contributed by atoms with Crippen LogP contribution in [-0.2, 0) is 5.41 Å². The first-order valence-corrected chi connectivity index (χ1v) is 23.1. The van der Waals surface area contributed by atoms with Crippen LogP contribution in [0.4, 0.5) is 0 Å². The van der Waals surface area contributed by atoms with Gasteiger partial charge in [0.25, 0.3) is 0 Å². The molecule has 2 heteroatoms. The number of nitrogens with zero attached hydrogens (tertiary/aromatic N) is 2. The molecule has 0 saturated heterocycles. The predicted molar refractivity (Wildman–Crippen MR) is 279 cm³/mol. The summed E-state index contributed by atoms with van der Waals surface area (Å²) < 4.78 is 0. The first-order chi connectivity index (χ1) is 33.2. The summed E-state index contributed by atoms with van der Waals surface area (Å²) in [6.07, 6.45) is 0. The first-order valence-electron chi connectivity index (χ1n) is 23.1. The molecule has 12 aromatic rings. The molecule has 1 aromatic heterocycles. The lowest BCUT2D eigenvalue weighted by Gasteiger charge is -2.35. The third-order valence-corrected chi connectivity index (χ3v) is 13.9. The van der Waals surface area contributed by atoms with E-state index in [0.29, 0.717) is 5.82 Å². The maximum atomic E-state index is 5.60. The monoisotopic (exact) mass is 850 g/mol. The Morgan fingerprint density at radius 1 is 0.284 bits per heavy atom. The molecule has 0 unspecified atom stereocenters. The van der Waals surface area contributed by atoms with Crippen molar-refractivity contribution in [3.8, 4) is 67.3 Å². The molecule has 1 aliphatic carbocycles. The molecule has 0 atom stereocenters. The van der Waals surface area contributed by atoms with Gasteiger partial charge in [-0.25, -0.2) is 9.97 Å². The van der Waals surface area contributed by atoms with Gasteiger partial charge in [0.1, 0.15) is 0 Å². The third kappa shape index (κ3) is 6.26. The van der Waals surface area contributed by atoms with Gasteiger partial charge in [-0.2, -0.15) is 0 Å². The van der Waals surface area contributed by atoms with Crippen molar-refractivity contribution in [2.75, 3.05) is 0 Å². The summed E-state index contributed by atoms with van der Waals surface area (Å²) in [7, 11) is 0. The molecular weight excluding hydrogens is 809 g/mol. The molecule has 13 rings (SSSR count). The second-order valence-corrected chi connectivity index (χ2v) is 17.6. The Morgan fingerprint density at radius 2 is 0.851 bits per heavy atom. The van der Waals surface area contributed by atoms with E-state index < -0.39 is 5.41 Å². The van der Waals surface area contributed by atoms with Crippen LogP contribution < -0.4 is 0 Å². The highest BCUT2D eigenvalue weighted by Gasteiger charge is 2.47. The van der Waals surface area contributed by atoms with Crippen LogP contribution in [0.3, 0.4) is 0 Å². The van der Waals surface area contributed by atoms with E-state index in [2.05, 4.69) is 255 Å². The Morgan fingerprint density at radius 3 is 1.63 bits per heavy atom. The Labute approximate surface area is 390 Å². The van der Waals surface area contributed by atoms with Gasteiger partial charge in [-0.05, 0) is 106 Å². The minimum absolute atomic E-state index is 0.599. The highest BCUT2D eigenvalue weighted by molar-refractivity contribution is 6.20. The lowest BCUT2D eigenvalue weighted by molar-refractivity contribution is 0.769. The van der Waals surface area contributed by atoms with Crippen LogP contribution in [0.2, 0.25) is 0 Å². The molecule has 0 aliphatic heterocycles. The minimum Gasteiger partial charge on any atom is -0.228 e. The summed E-state index contributed by atoms with van der Waals surface area (Å²) in [5.74, 6) is 0.677. The maximum absolute atomic E-state index is 5.60. The van der Waals surface area contributed by atoms with E-state index in [0.717, 1.165) is 44.8 Å². The second-order valence-electron chi connectivity index (χ2n) is 17.6. The van der Waals surface area contributed by atoms with Gasteiger partial charge >= 0.3 is 0 Å². The SMILES string of the molecule is c1ccc(-c2cccc(-c3cc(-c4cccc5c4C(c4ccccc4)(c4ccccc4)c4ccccc4-5)nc(-c4ccc(-c5c6ccccc6cc6c5ccc5ccccc56)cc4)n3)c2)cc1. The number of rotatable bonds is 7. The van der Waals surface area contributed by atoms with Gasteiger partial charge < -0.3 is 0 Å². The van der Waals surface area contributed by atoms with Crippen molar-refractivity contribution in [3.63, 3.8) is 0 Å². The quantitative estimate of drug-likeness (QED) is 0.118. The summed E-state index contributed by atoms with van der Waals surface area (Å²) >= 11 is 0. The molecular formula is C65H42N2. The van der Waals surface area contributed by atoms with E-state index in [1.165, 1.54) is 71.3 Å². The number of benzene rings is 11. The third-order valence-electron chi connectivity index (χ3n) is 13.9. The Balaban J connectivity index is 1.04. The van der Waals surface area contributed by atoms with Crippen molar-refractivity contribution in [1.82, 2.24) is 9.97 Å². The maximum Gasteiger partial charge on any atom is 0.160 e. The van der Waals surface area contributed by atoms with Gasteiger partial charge in [-0.1, -0.05) is 237 Å². The van der Waals surface area contributed by atoms with Gasteiger partial charge in [-0.3, -0.25) is 0 Å². The zero-order valence-corrected chi connectivity index (χ0v) is 36.6. The molecule has 0 saturated carbocycles. The van der Waals surface area contributed by atoms with Crippen molar-refractivity contribution in [2.24, 2.45) is 0 Å². The molecule has 0 N–H and O–H groups in total. The largest absolute Gasteiger partial charge is 0.228 e. The molecule has 2 nitrogen and oxygen atoms in total. The van der Waals surface area contributed by atoms with Crippen LogP contribution in [0.25, 0.3) is 99.6 Å². The van der Waals surface area contributed by atoms with Crippen LogP contribution in [0.5, 0.6) is 0 Å². The molecule has 1 aliphatic rings. The van der Waals surface area contributed by atoms with Crippen LogP contribution in [0.15, 0.2) is 255 Å². The molecule has 67 heavy (non-hydrogen) atoms. The van der Waals surface area contributed by atoms with E-state index in [4.69, 9.17) is 9.97 Å². The minimum atomic E-state index is -0.599. The fourth-order valence-corrected chi connectivity index (χ4v) is 11.0. The zero-order valence-electron chi connectivity index (χ0n) is 36.6. The van der Waals surface area contributed by atoms with Crippen molar-refractivity contribution in [1.29, 1.82) is 0 Å². The second kappa shape index (κ2) is 15.8. The molecule has 0 bridgehead atoms. The standard InChI is InChI=1S/C65H42N2/c1-4-18-43(19-5-1)47-22-16-23-49(40-47)60-42-61(57-32-17-31-56-54-30-14-15-33-59(54)65(63(56)57,50-24-6-2-7-25-50)51-26-8-3-9-27-51)67-64(66-60)46-36-34-45(35-37-46)62-53-29-13-11-21-48(53)41-58-52-28-12-10-20-44(52)38-39-55(58)62/h1-42H. The van der Waals surface area contributed by atoms with Crippen molar-refractivity contribution in [2.45, 2.75) is 5.41 Å². The van der Waals surface area contributed by atoms with Crippen LogP contribution >= 0.6 is 0 Å². The number of hydrogen-bond acceptors (Lipinski definition) is 2. The van der Waals surface area contributed by atoms with Gasteiger partial charge in [0.2, 0.25) is 0 Å². The van der Waals surface area contributed by atoms with Gasteiger partial charge in [0.15, 0.2) is 5.82 Å². The van der Waals surface area contributed by atoms with Gasteiger partial charge in [-0.15, -0.1) is 0 Å². The lowest BCUT2D eigenvalue weighted by atomic mass is 9.66. The van der Waals surface area contributed by atoms with E-state index in [9.17, 15) is 0 Å². The van der Waals surface area contributed by atoms with Crippen molar-refractivity contribution >= 4 is 32.3 Å². The van der Waals surface area contributed by atoms with E-state index >= 15 is 0 Å². The van der Waals surface area contributed by atoms with E-state index in [1.54, 1.807) is 0 Å². The van der Waals surface area contributed by atoms with Crippen LogP contribution in [-0.4, -0.2) is 9.97 Å². The zero-order chi connectivity index (χ0) is 44.3. The number of aromatic nitrogens is 2. The normalized spacial score (nSPS) is 12.6. The Kier molecular flexibility index (Phi) is 9.11. The first kappa shape index (κ1) is 38.7. The van der Waals surface area contributed by atoms with Crippen molar-refractivity contribution in [3.05, 3.63) is 277 Å². The highest BCUT2D eigenvalue weighted by Crippen LogP contribution is 2.58. The van der Waals surface area contributed by atoms with E-state index in [1.807, 2.05) is 0 Å². The Hall–Kier alpha value is -8.72. The summed E-state index contributed by atoms with van der Waals surface area (Å²) in [6, 6.07) is 92.4. The molecule has 0 spiro atoms. The summed E-state index contributed by atoms with van der Waals surface area (Å²) in [6.45, 7) is 0. The van der Waals surface area contributed by atoms with Crippen LogP contribution in [0.1, 0.15) is 22.3 Å². The van der Waals surface area contributed by atoms with Gasteiger partial charge in [0.05, 0.1) is 16.8 Å². The number of hydrogen-bond donors (Lipinski definition) is 0. The highest BCUT2D eigenvalue weighted by atomic mass is 14.9. The fraction of sp³-hybridized carbons (Fsp3) is 0.0154. The molecule has 312 valence electrons. The molecule has 0 fully saturated rings. The Bertz CT molecular complexity index is 3800. The molecule has 1 heterocycles. The topological polar surface area (TPSA) is 25.8 Å². The molecule has 0 radical (unpaired) electrons. The van der Waals surface area contributed by atoms with Crippen LogP contribution in [0, 0.1) is 0 Å². The average molecular weight is 851 g/mol. The number of fused-ring (bicyclic) bond motifs is 7. The van der Waals surface area contributed by atoms with Gasteiger partial charge in [0, 0.05) is 16.7 Å². The summed E-state index contributed by atoms with van der Waals surface area (Å²) in [5.41, 5.74) is 16.3. The van der Waals surface area contributed by atoms with E-state index in [-0.39, 0.29) is 0 Å². The smallest absolute Gasteiger partial charge is 0.160 e. The predicted octanol–water partition coefficient (Wildman–Crippen LogP) is 16.6. The fourth-order valence-electron chi connectivity index (χ4n) is 11.0. The lowest BCUT2D eigenvalue weighted by Crippen LogP contribution is -2.29. The summed E-state index contributed by atoms with van der Waals surface area (Å²) in [5, 5.41) is 7.46. The summed E-state index contributed by atoms with van der Waals surface area (Å²) in [4.78, 5) is 11.0. The van der Waals surface area contributed by atoms with Crippen molar-refractivity contribution < 1.29 is 0 Å². The average Bonchev–Trinajstić information content (AvgIpc) is 3.72. The molecule has 11 aromatic carbocycles. The molecule has 0 amide bonds.